The molecule has 0 spiro atoms. The van der Waals surface area contributed by atoms with Gasteiger partial charge in [0, 0.05) is 5.39 Å². The second-order valence-corrected chi connectivity index (χ2v) is 7.98. The van der Waals surface area contributed by atoms with Crippen LogP contribution in [-0.2, 0) is 0 Å². The Hall–Kier alpha value is -1.07. The van der Waals surface area contributed by atoms with Gasteiger partial charge in [-0.3, -0.25) is 0 Å². The summed E-state index contributed by atoms with van der Waals surface area (Å²) in [5.74, 6) is 1.06. The first-order chi connectivity index (χ1) is 9.90. The van der Waals surface area contributed by atoms with Crippen LogP contribution in [0.1, 0.15) is 32.6 Å². The Labute approximate surface area is 123 Å². The van der Waals surface area contributed by atoms with Crippen LogP contribution in [0, 0.1) is 0 Å². The van der Waals surface area contributed by atoms with Gasteiger partial charge in [0.1, 0.15) is 5.75 Å². The van der Waals surface area contributed by atoms with Gasteiger partial charge in [-0.15, -0.1) is 0 Å². The van der Waals surface area contributed by atoms with Crippen molar-refractivity contribution in [1.82, 2.24) is 0 Å². The van der Waals surface area contributed by atoms with E-state index in [-0.39, 0.29) is 7.92 Å². The first kappa shape index (κ1) is 13.9. The van der Waals surface area contributed by atoms with Crippen molar-refractivity contribution in [2.75, 3.05) is 18.9 Å². The number of unbranched alkanes of at least 4 members (excludes halogenated alkanes) is 1. The normalized spacial score (nSPS) is 15.8. The largest absolute Gasteiger partial charge is 0.493 e. The van der Waals surface area contributed by atoms with Gasteiger partial charge in [0.05, 0.1) is 6.61 Å². The molecule has 0 unspecified atom stereocenters. The molecule has 0 aliphatic carbocycles. The predicted octanol–water partition coefficient (Wildman–Crippen LogP) is 4.92. The molecule has 1 saturated heterocycles. The van der Waals surface area contributed by atoms with E-state index in [4.69, 9.17) is 4.74 Å². The topological polar surface area (TPSA) is 9.23 Å². The van der Waals surface area contributed by atoms with Crippen LogP contribution in [0.25, 0.3) is 10.8 Å². The molecule has 0 amide bonds. The second-order valence-electron chi connectivity index (χ2n) is 5.52. The number of benzene rings is 2. The Kier molecular flexibility index (Phi) is 4.58. The summed E-state index contributed by atoms with van der Waals surface area (Å²) < 4.78 is 5.98. The van der Waals surface area contributed by atoms with Crippen molar-refractivity contribution in [3.05, 3.63) is 36.4 Å². The number of fused-ring (bicyclic) bond motifs is 1. The van der Waals surface area contributed by atoms with Gasteiger partial charge < -0.3 is 4.74 Å². The maximum Gasteiger partial charge on any atom is 0.127 e. The van der Waals surface area contributed by atoms with Gasteiger partial charge in [-0.25, -0.2) is 0 Å². The van der Waals surface area contributed by atoms with Crippen LogP contribution >= 0.6 is 7.92 Å². The van der Waals surface area contributed by atoms with Gasteiger partial charge in [0.2, 0.25) is 0 Å². The number of rotatable bonds is 5. The molecule has 0 aromatic heterocycles. The van der Waals surface area contributed by atoms with Gasteiger partial charge in [-0.05, 0) is 48.3 Å². The van der Waals surface area contributed by atoms with Crippen LogP contribution in [0.5, 0.6) is 5.75 Å². The lowest BCUT2D eigenvalue weighted by atomic mass is 10.1. The first-order valence-corrected chi connectivity index (χ1v) is 9.51. The van der Waals surface area contributed by atoms with Crippen molar-refractivity contribution >= 4 is 24.0 Å². The molecule has 0 radical (unpaired) electrons. The van der Waals surface area contributed by atoms with Crippen LogP contribution in [0.3, 0.4) is 0 Å². The maximum absolute atomic E-state index is 5.98. The van der Waals surface area contributed by atoms with Crippen LogP contribution in [-0.4, -0.2) is 18.9 Å². The average molecular weight is 286 g/mol. The van der Waals surface area contributed by atoms with E-state index in [1.165, 1.54) is 42.4 Å². The summed E-state index contributed by atoms with van der Waals surface area (Å²) in [5.41, 5.74) is 0. The van der Waals surface area contributed by atoms with E-state index in [1.54, 1.807) is 5.30 Å². The van der Waals surface area contributed by atoms with E-state index in [1.807, 2.05) is 0 Å². The number of hydrogen-bond acceptors (Lipinski definition) is 1. The Morgan fingerprint density at radius 1 is 1.00 bits per heavy atom. The van der Waals surface area contributed by atoms with Gasteiger partial charge in [0.25, 0.3) is 0 Å². The molecule has 0 bridgehead atoms. The molecule has 106 valence electrons. The molecule has 1 heterocycles. The highest BCUT2D eigenvalue weighted by Gasteiger charge is 2.19. The van der Waals surface area contributed by atoms with Crippen LogP contribution in [0.15, 0.2) is 36.4 Å². The lowest BCUT2D eigenvalue weighted by molar-refractivity contribution is 0.313. The first-order valence-electron chi connectivity index (χ1n) is 7.79. The third-order valence-corrected chi connectivity index (χ3v) is 6.85. The fourth-order valence-electron chi connectivity index (χ4n) is 2.94. The summed E-state index contributed by atoms with van der Waals surface area (Å²) in [6.07, 6.45) is 7.96. The van der Waals surface area contributed by atoms with E-state index >= 15 is 0 Å². The highest BCUT2D eigenvalue weighted by molar-refractivity contribution is 7.66. The molecule has 0 saturated carbocycles. The minimum atomic E-state index is 0.0761. The third-order valence-electron chi connectivity index (χ3n) is 4.06. The van der Waals surface area contributed by atoms with Crippen molar-refractivity contribution in [3.63, 3.8) is 0 Å². The second kappa shape index (κ2) is 6.59. The zero-order valence-corrected chi connectivity index (χ0v) is 13.2. The lowest BCUT2D eigenvalue weighted by Crippen LogP contribution is -2.06. The Balaban J connectivity index is 1.96. The Bertz CT molecular complexity index is 573. The van der Waals surface area contributed by atoms with E-state index in [2.05, 4.69) is 43.3 Å². The highest BCUT2D eigenvalue weighted by Crippen LogP contribution is 2.44. The molecule has 1 nitrogen and oxygen atoms in total. The molecule has 0 atom stereocenters. The van der Waals surface area contributed by atoms with Gasteiger partial charge in [-0.1, -0.05) is 51.6 Å². The molecule has 0 N–H and O–H groups in total. The number of ether oxygens (including phenoxy) is 1. The summed E-state index contributed by atoms with van der Waals surface area (Å²) in [6, 6.07) is 13.3. The maximum atomic E-state index is 5.98. The molecule has 2 heteroatoms. The SMILES string of the molecule is CCCCOc1ccc(P2CCCC2)c2ccccc12. The molecular weight excluding hydrogens is 263 g/mol. The van der Waals surface area contributed by atoms with Crippen LogP contribution in [0.4, 0.5) is 0 Å². The van der Waals surface area contributed by atoms with Crippen molar-refractivity contribution < 1.29 is 4.74 Å². The van der Waals surface area contributed by atoms with E-state index in [0.29, 0.717) is 0 Å². The monoisotopic (exact) mass is 286 g/mol. The highest BCUT2D eigenvalue weighted by atomic mass is 31.1. The van der Waals surface area contributed by atoms with Crippen molar-refractivity contribution in [3.8, 4) is 5.75 Å². The lowest BCUT2D eigenvalue weighted by Gasteiger charge is -2.16. The molecule has 3 rings (SSSR count). The fourth-order valence-corrected chi connectivity index (χ4v) is 5.68. The zero-order chi connectivity index (χ0) is 13.8. The summed E-state index contributed by atoms with van der Waals surface area (Å²) >= 11 is 0. The summed E-state index contributed by atoms with van der Waals surface area (Å²) in [7, 11) is 0.0761. The van der Waals surface area contributed by atoms with Crippen molar-refractivity contribution in [1.29, 1.82) is 0 Å². The molecule has 1 fully saturated rings. The van der Waals surface area contributed by atoms with Crippen LogP contribution in [0.2, 0.25) is 0 Å². The summed E-state index contributed by atoms with van der Waals surface area (Å²) in [4.78, 5) is 0. The zero-order valence-electron chi connectivity index (χ0n) is 12.3. The molecular formula is C18H23OP. The minimum absolute atomic E-state index is 0.0761. The smallest absolute Gasteiger partial charge is 0.127 e. The average Bonchev–Trinajstić information content (AvgIpc) is 3.01. The molecule has 20 heavy (non-hydrogen) atoms. The van der Waals surface area contributed by atoms with E-state index in [0.717, 1.165) is 18.8 Å². The molecule has 1 aliphatic rings. The molecule has 1 aliphatic heterocycles. The van der Waals surface area contributed by atoms with Crippen molar-refractivity contribution in [2.45, 2.75) is 32.6 Å². The summed E-state index contributed by atoms with van der Waals surface area (Å²) in [5, 5.41) is 4.32. The van der Waals surface area contributed by atoms with Crippen LogP contribution < -0.4 is 10.0 Å². The van der Waals surface area contributed by atoms with Gasteiger partial charge in [-0.2, -0.15) is 0 Å². The van der Waals surface area contributed by atoms with E-state index < -0.39 is 0 Å². The molecule has 2 aromatic rings. The quantitative estimate of drug-likeness (QED) is 0.560. The third kappa shape index (κ3) is 2.83. The van der Waals surface area contributed by atoms with E-state index in [9.17, 15) is 0 Å². The standard InChI is InChI=1S/C18H23OP/c1-2-3-12-19-17-10-11-18(20-13-6-7-14-20)16-9-5-4-8-15(16)17/h4-5,8-11H,2-3,6-7,12-14H2,1H3. The van der Waals surface area contributed by atoms with Gasteiger partial charge in [0.15, 0.2) is 0 Å². The predicted molar refractivity (Wildman–Crippen MR) is 89.9 cm³/mol. The minimum Gasteiger partial charge on any atom is -0.493 e. The summed E-state index contributed by atoms with van der Waals surface area (Å²) in [6.45, 7) is 3.03. The Morgan fingerprint density at radius 3 is 2.50 bits per heavy atom. The Morgan fingerprint density at radius 2 is 1.75 bits per heavy atom. The number of hydrogen-bond donors (Lipinski definition) is 0. The molecule has 2 aromatic carbocycles. The van der Waals surface area contributed by atoms with Gasteiger partial charge >= 0.3 is 0 Å². The fraction of sp³-hybridized carbons (Fsp3) is 0.444. The van der Waals surface area contributed by atoms with Crippen molar-refractivity contribution in [2.24, 2.45) is 0 Å².